The van der Waals surface area contributed by atoms with Gasteiger partial charge in [-0.15, -0.1) is 0 Å². The molecule has 0 atom stereocenters. The Balaban J connectivity index is 1.29. The highest BCUT2D eigenvalue weighted by Crippen LogP contribution is 2.31. The molecule has 1 aromatic carbocycles. The Morgan fingerprint density at radius 1 is 1.21 bits per heavy atom. The predicted molar refractivity (Wildman–Crippen MR) is 114 cm³/mol. The molecule has 0 radical (unpaired) electrons. The number of para-hydroxylation sites is 2. The summed E-state index contributed by atoms with van der Waals surface area (Å²) < 4.78 is 7.78. The molecule has 156 valence electrons. The molecule has 1 aliphatic carbocycles. The van der Waals surface area contributed by atoms with E-state index in [4.69, 9.17) is 4.74 Å². The fourth-order valence-electron chi connectivity index (χ4n) is 4.50. The van der Waals surface area contributed by atoms with Crippen molar-refractivity contribution < 1.29 is 14.4 Å². The number of hydrogen-bond donors (Lipinski definition) is 2. The molecule has 0 bridgehead atoms. The van der Waals surface area contributed by atoms with Crippen molar-refractivity contribution in [2.45, 2.75) is 38.6 Å². The number of piperazine rings is 1. The van der Waals surface area contributed by atoms with Gasteiger partial charge in [-0.2, -0.15) is 5.10 Å². The molecule has 1 aliphatic heterocycles. The molecule has 4 rings (SSSR count). The molecule has 1 aromatic heterocycles. The molecule has 2 heterocycles. The molecule has 2 aromatic rings. The lowest BCUT2D eigenvalue weighted by atomic mass is 10.2. The second kappa shape index (κ2) is 9.31. The summed E-state index contributed by atoms with van der Waals surface area (Å²) in [5.74, 6) is 1.85. The van der Waals surface area contributed by atoms with E-state index < -0.39 is 0 Å². The van der Waals surface area contributed by atoms with Crippen LogP contribution in [0.3, 0.4) is 0 Å². The van der Waals surface area contributed by atoms with E-state index in [1.54, 1.807) is 6.20 Å². The summed E-state index contributed by atoms with van der Waals surface area (Å²) in [6.45, 7) is 6.90. The molecule has 7 heteroatoms. The minimum atomic E-state index is 0.0721. The second-order valence-corrected chi connectivity index (χ2v) is 7.96. The van der Waals surface area contributed by atoms with Crippen LogP contribution in [-0.2, 0) is 4.79 Å². The lowest BCUT2D eigenvalue weighted by Gasteiger charge is -2.34. The topological polar surface area (TPSA) is 63.8 Å². The normalized spacial score (nSPS) is 18.2. The van der Waals surface area contributed by atoms with Crippen LogP contribution < -0.4 is 19.9 Å². The quantitative estimate of drug-likeness (QED) is 0.746. The third kappa shape index (κ3) is 4.72. The summed E-state index contributed by atoms with van der Waals surface area (Å²) in [5.41, 5.74) is 1.15. The number of quaternary nitrogens is 1. The first-order valence-electron chi connectivity index (χ1n) is 10.9. The number of amides is 1. The largest absolute Gasteiger partial charge is 0.492 e. The molecule has 2 fully saturated rings. The third-order valence-corrected chi connectivity index (χ3v) is 6.00. The standard InChI is InChI=1S/C22H31N5O2/c1-2-29-20-10-6-5-9-19(20)26-15-13-25(14-16-26)17-22(28)24-21-11-12-23-27(21)18-7-3-4-8-18/h5-6,9-12,18H,2-4,7-8,13-17H2,1H3,(H,24,28)/p+1. The summed E-state index contributed by atoms with van der Waals surface area (Å²) >= 11 is 0. The first kappa shape index (κ1) is 19.8. The van der Waals surface area contributed by atoms with Gasteiger partial charge in [-0.25, -0.2) is 4.68 Å². The summed E-state index contributed by atoms with van der Waals surface area (Å²) in [4.78, 5) is 16.3. The van der Waals surface area contributed by atoms with E-state index >= 15 is 0 Å². The SMILES string of the molecule is CCOc1ccccc1N1CC[NH+](CC(=O)Nc2ccnn2C2CCCC2)CC1. The van der Waals surface area contributed by atoms with E-state index in [2.05, 4.69) is 27.4 Å². The molecule has 2 aliphatic rings. The number of anilines is 2. The van der Waals surface area contributed by atoms with E-state index in [9.17, 15) is 4.79 Å². The number of carbonyl (C=O) groups is 1. The molecule has 29 heavy (non-hydrogen) atoms. The van der Waals surface area contributed by atoms with Gasteiger partial charge in [0.25, 0.3) is 5.91 Å². The number of rotatable bonds is 7. The molecule has 1 amide bonds. The minimum absolute atomic E-state index is 0.0721. The zero-order chi connectivity index (χ0) is 20.1. The van der Waals surface area contributed by atoms with Crippen LogP contribution in [0.1, 0.15) is 38.6 Å². The highest BCUT2D eigenvalue weighted by Gasteiger charge is 2.25. The molecule has 2 N–H and O–H groups in total. The molecular weight excluding hydrogens is 366 g/mol. The summed E-state index contributed by atoms with van der Waals surface area (Å²) in [5, 5.41) is 7.53. The average molecular weight is 399 g/mol. The van der Waals surface area contributed by atoms with E-state index in [0.717, 1.165) is 56.3 Å². The van der Waals surface area contributed by atoms with Gasteiger partial charge in [-0.1, -0.05) is 25.0 Å². The molecule has 1 saturated heterocycles. The maximum absolute atomic E-state index is 12.6. The second-order valence-electron chi connectivity index (χ2n) is 7.96. The van der Waals surface area contributed by atoms with Gasteiger partial charge < -0.3 is 19.9 Å². The Morgan fingerprint density at radius 2 is 1.97 bits per heavy atom. The maximum atomic E-state index is 12.6. The predicted octanol–water partition coefficient (Wildman–Crippen LogP) is 1.74. The van der Waals surface area contributed by atoms with Crippen LogP contribution in [0.25, 0.3) is 0 Å². The molecular formula is C22H32N5O2+. The van der Waals surface area contributed by atoms with Crippen LogP contribution in [-0.4, -0.2) is 55.0 Å². The number of nitrogens with one attached hydrogen (secondary N) is 2. The Kier molecular flexibility index (Phi) is 6.34. The Hall–Kier alpha value is -2.54. The molecule has 0 unspecified atom stereocenters. The van der Waals surface area contributed by atoms with Crippen LogP contribution in [0, 0.1) is 0 Å². The van der Waals surface area contributed by atoms with Gasteiger partial charge >= 0.3 is 0 Å². The van der Waals surface area contributed by atoms with Crippen molar-refractivity contribution in [3.63, 3.8) is 0 Å². The van der Waals surface area contributed by atoms with Gasteiger partial charge in [0.05, 0.1) is 50.7 Å². The molecule has 0 spiro atoms. The number of hydrogen-bond acceptors (Lipinski definition) is 4. The zero-order valence-electron chi connectivity index (χ0n) is 17.3. The van der Waals surface area contributed by atoms with Crippen molar-refractivity contribution in [3.8, 4) is 5.75 Å². The van der Waals surface area contributed by atoms with E-state index in [-0.39, 0.29) is 5.91 Å². The van der Waals surface area contributed by atoms with Crippen LogP contribution in [0.4, 0.5) is 11.5 Å². The van der Waals surface area contributed by atoms with Crippen molar-refractivity contribution in [1.29, 1.82) is 0 Å². The number of ether oxygens (including phenoxy) is 1. The van der Waals surface area contributed by atoms with Crippen molar-refractivity contribution in [2.75, 3.05) is 49.5 Å². The van der Waals surface area contributed by atoms with Crippen LogP contribution in [0.15, 0.2) is 36.5 Å². The van der Waals surface area contributed by atoms with Gasteiger partial charge in [0.15, 0.2) is 6.54 Å². The number of benzene rings is 1. The summed E-state index contributed by atoms with van der Waals surface area (Å²) in [7, 11) is 0. The zero-order valence-corrected chi connectivity index (χ0v) is 17.3. The lowest BCUT2D eigenvalue weighted by molar-refractivity contribution is -0.892. The fraction of sp³-hybridized carbons (Fsp3) is 0.545. The third-order valence-electron chi connectivity index (χ3n) is 6.00. The lowest BCUT2D eigenvalue weighted by Crippen LogP contribution is -3.15. The van der Waals surface area contributed by atoms with Crippen molar-refractivity contribution >= 4 is 17.4 Å². The fourth-order valence-corrected chi connectivity index (χ4v) is 4.50. The first-order chi connectivity index (χ1) is 14.2. The molecule has 1 saturated carbocycles. The highest BCUT2D eigenvalue weighted by molar-refractivity contribution is 5.90. The van der Waals surface area contributed by atoms with Gasteiger partial charge in [-0.05, 0) is 31.9 Å². The van der Waals surface area contributed by atoms with Crippen molar-refractivity contribution in [3.05, 3.63) is 36.5 Å². The smallest absolute Gasteiger partial charge is 0.280 e. The monoisotopic (exact) mass is 398 g/mol. The van der Waals surface area contributed by atoms with Gasteiger partial charge in [0.1, 0.15) is 11.6 Å². The van der Waals surface area contributed by atoms with Crippen LogP contribution in [0.5, 0.6) is 5.75 Å². The van der Waals surface area contributed by atoms with E-state index in [1.807, 2.05) is 29.8 Å². The van der Waals surface area contributed by atoms with Gasteiger partial charge in [0.2, 0.25) is 0 Å². The highest BCUT2D eigenvalue weighted by atomic mass is 16.5. The summed E-state index contributed by atoms with van der Waals surface area (Å²) in [6, 6.07) is 10.6. The minimum Gasteiger partial charge on any atom is -0.492 e. The van der Waals surface area contributed by atoms with E-state index in [1.165, 1.54) is 17.7 Å². The van der Waals surface area contributed by atoms with Crippen molar-refractivity contribution in [1.82, 2.24) is 9.78 Å². The summed E-state index contributed by atoms with van der Waals surface area (Å²) in [6.07, 6.45) is 6.59. The number of nitrogens with zero attached hydrogens (tertiary/aromatic N) is 3. The first-order valence-corrected chi connectivity index (χ1v) is 10.9. The van der Waals surface area contributed by atoms with Crippen LogP contribution in [0.2, 0.25) is 0 Å². The van der Waals surface area contributed by atoms with Gasteiger partial charge in [0, 0.05) is 6.07 Å². The Bertz CT molecular complexity index is 807. The van der Waals surface area contributed by atoms with Crippen molar-refractivity contribution in [2.24, 2.45) is 0 Å². The number of carbonyl (C=O) groups excluding carboxylic acids is 1. The number of aromatic nitrogens is 2. The Morgan fingerprint density at radius 3 is 2.72 bits per heavy atom. The average Bonchev–Trinajstić information content (AvgIpc) is 3.41. The van der Waals surface area contributed by atoms with Gasteiger partial charge in [-0.3, -0.25) is 4.79 Å². The molecule has 7 nitrogen and oxygen atoms in total. The maximum Gasteiger partial charge on any atom is 0.280 e. The van der Waals surface area contributed by atoms with E-state index in [0.29, 0.717) is 19.2 Å². The Labute approximate surface area is 172 Å². The van der Waals surface area contributed by atoms with Crippen LogP contribution >= 0.6 is 0 Å².